The molecule has 1 heterocycles. The molecule has 4 aromatic rings. The molecule has 0 atom stereocenters. The Balaban J connectivity index is 2.21. The van der Waals surface area contributed by atoms with Crippen LogP contribution in [0.25, 0.3) is 21.8 Å². The largest absolute Gasteiger partial charge is 0.289 e. The van der Waals surface area contributed by atoms with Crippen molar-refractivity contribution < 1.29 is 8.42 Å². The van der Waals surface area contributed by atoms with Crippen LogP contribution in [0.5, 0.6) is 0 Å². The zero-order valence-corrected chi connectivity index (χ0v) is 14.3. The summed E-state index contributed by atoms with van der Waals surface area (Å²) in [7, 11) is -3.83. The van der Waals surface area contributed by atoms with E-state index in [-0.39, 0.29) is 10.3 Å². The van der Waals surface area contributed by atoms with Crippen LogP contribution < -0.4 is 5.43 Å². The van der Waals surface area contributed by atoms with Gasteiger partial charge in [0.05, 0.1) is 21.3 Å². The van der Waals surface area contributed by atoms with Crippen LogP contribution >= 0.6 is 0 Å². The van der Waals surface area contributed by atoms with E-state index >= 15 is 0 Å². The summed E-state index contributed by atoms with van der Waals surface area (Å²) in [6, 6.07) is 20.2. The Hall–Kier alpha value is -2.92. The second kappa shape index (κ2) is 5.57. The van der Waals surface area contributed by atoms with E-state index in [1.165, 1.54) is 10.0 Å². The number of hydrogen-bond acceptors (Lipinski definition) is 3. The Kier molecular flexibility index (Phi) is 3.47. The lowest BCUT2D eigenvalue weighted by atomic mass is 10.2. The summed E-state index contributed by atoms with van der Waals surface area (Å²) >= 11 is 0. The van der Waals surface area contributed by atoms with Crippen molar-refractivity contribution in [1.29, 1.82) is 0 Å². The monoisotopic (exact) mass is 349 g/mol. The van der Waals surface area contributed by atoms with Gasteiger partial charge in [-0.3, -0.25) is 4.79 Å². The van der Waals surface area contributed by atoms with Gasteiger partial charge in [-0.2, -0.15) is 0 Å². The van der Waals surface area contributed by atoms with Crippen molar-refractivity contribution in [2.45, 2.75) is 11.8 Å². The molecule has 0 unspecified atom stereocenters. The average Bonchev–Trinajstić information content (AvgIpc) is 2.82. The van der Waals surface area contributed by atoms with Crippen LogP contribution in [-0.2, 0) is 10.0 Å². The molecule has 1 aromatic heterocycles. The number of aryl methyl sites for hydroxylation is 1. The summed E-state index contributed by atoms with van der Waals surface area (Å²) in [5, 5.41) is 1.05. The minimum atomic E-state index is -3.83. The number of rotatable bonds is 2. The predicted octanol–water partition coefficient (Wildman–Crippen LogP) is 3.70. The second-order valence-corrected chi connectivity index (χ2v) is 7.73. The fourth-order valence-electron chi connectivity index (χ4n) is 3.09. The van der Waals surface area contributed by atoms with E-state index < -0.39 is 10.0 Å². The molecule has 0 N–H and O–H groups in total. The molecule has 4 rings (SSSR count). The van der Waals surface area contributed by atoms with Gasteiger partial charge in [0.25, 0.3) is 10.0 Å². The first-order chi connectivity index (χ1) is 12.0. The van der Waals surface area contributed by atoms with Gasteiger partial charge in [-0.05, 0) is 37.3 Å². The Bertz CT molecular complexity index is 1270. The number of fused-ring (bicyclic) bond motifs is 3. The molecule has 0 aliphatic carbocycles. The molecule has 0 saturated heterocycles. The minimum Gasteiger partial charge on any atom is -0.289 e. The number of hydrogen-bond donors (Lipinski definition) is 0. The van der Waals surface area contributed by atoms with E-state index in [2.05, 4.69) is 0 Å². The Morgan fingerprint density at radius 3 is 2.08 bits per heavy atom. The van der Waals surface area contributed by atoms with Gasteiger partial charge < -0.3 is 0 Å². The lowest BCUT2D eigenvalue weighted by Crippen LogP contribution is -2.12. The van der Waals surface area contributed by atoms with Gasteiger partial charge in [-0.25, -0.2) is 12.4 Å². The molecular weight excluding hydrogens is 334 g/mol. The van der Waals surface area contributed by atoms with Gasteiger partial charge in [-0.15, -0.1) is 0 Å². The zero-order valence-electron chi connectivity index (χ0n) is 13.5. The molecule has 25 heavy (non-hydrogen) atoms. The minimum absolute atomic E-state index is 0.194. The van der Waals surface area contributed by atoms with Gasteiger partial charge in [0.15, 0.2) is 5.43 Å². The molecule has 0 radical (unpaired) electrons. The standard InChI is InChI=1S/C20H15NO3S/c1-14-10-12-15(13-11-14)25(23,24)21-17-7-3-2-6-16(17)20-18(21)8-4-5-9-19(20)22/h2-13H,1H3. The first-order valence-electron chi connectivity index (χ1n) is 7.85. The van der Waals surface area contributed by atoms with Gasteiger partial charge in [0, 0.05) is 5.39 Å². The number of nitrogens with zero attached hydrogens (tertiary/aromatic N) is 1. The fraction of sp³-hybridized carbons (Fsp3) is 0.0500. The van der Waals surface area contributed by atoms with E-state index in [0.717, 1.165) is 5.56 Å². The fourth-order valence-corrected chi connectivity index (χ4v) is 4.61. The third-order valence-electron chi connectivity index (χ3n) is 4.29. The Morgan fingerprint density at radius 1 is 0.760 bits per heavy atom. The van der Waals surface area contributed by atoms with Crippen molar-refractivity contribution >= 4 is 31.8 Å². The lowest BCUT2D eigenvalue weighted by molar-refractivity contribution is 0.590. The number of benzene rings is 2. The summed E-state index contributed by atoms with van der Waals surface area (Å²) < 4.78 is 27.9. The molecule has 0 saturated carbocycles. The third kappa shape index (κ3) is 2.36. The van der Waals surface area contributed by atoms with Crippen molar-refractivity contribution in [2.24, 2.45) is 0 Å². The van der Waals surface area contributed by atoms with Crippen molar-refractivity contribution in [1.82, 2.24) is 3.97 Å². The van der Waals surface area contributed by atoms with Gasteiger partial charge in [0.2, 0.25) is 0 Å². The molecule has 3 aromatic carbocycles. The molecule has 5 heteroatoms. The maximum absolute atomic E-state index is 13.3. The highest BCUT2D eigenvalue weighted by Crippen LogP contribution is 2.30. The SMILES string of the molecule is Cc1ccc(S(=O)(=O)n2c3ccccc3c3c(=O)ccccc32)cc1. The molecule has 0 bridgehead atoms. The van der Waals surface area contributed by atoms with Crippen LogP contribution in [0.2, 0.25) is 0 Å². The zero-order chi connectivity index (χ0) is 17.6. The molecule has 124 valence electrons. The van der Waals surface area contributed by atoms with Gasteiger partial charge in [0.1, 0.15) is 0 Å². The van der Waals surface area contributed by atoms with E-state index in [0.29, 0.717) is 21.8 Å². The molecule has 0 aliphatic rings. The Morgan fingerprint density at radius 2 is 1.36 bits per heavy atom. The molecule has 4 nitrogen and oxygen atoms in total. The summed E-state index contributed by atoms with van der Waals surface area (Å²) in [5.41, 5.74) is 1.67. The van der Waals surface area contributed by atoms with Crippen molar-refractivity contribution in [3.63, 3.8) is 0 Å². The first-order valence-corrected chi connectivity index (χ1v) is 9.29. The predicted molar refractivity (Wildman–Crippen MR) is 99.5 cm³/mol. The van der Waals surface area contributed by atoms with E-state index in [1.807, 2.05) is 6.92 Å². The topological polar surface area (TPSA) is 56.1 Å². The summed E-state index contributed by atoms with van der Waals surface area (Å²) in [6.45, 7) is 1.90. The van der Waals surface area contributed by atoms with Gasteiger partial charge >= 0.3 is 0 Å². The first kappa shape index (κ1) is 15.6. The maximum atomic E-state index is 13.3. The Labute approximate surface area is 145 Å². The smallest absolute Gasteiger partial charge is 0.268 e. The summed E-state index contributed by atoms with van der Waals surface area (Å²) in [5.74, 6) is 0. The average molecular weight is 349 g/mol. The number of aromatic nitrogens is 1. The van der Waals surface area contributed by atoms with Crippen molar-refractivity contribution in [3.05, 3.63) is 88.6 Å². The highest BCUT2D eigenvalue weighted by molar-refractivity contribution is 7.90. The van der Waals surface area contributed by atoms with Crippen LogP contribution in [0.1, 0.15) is 5.56 Å². The molecule has 0 fully saturated rings. The summed E-state index contributed by atoms with van der Waals surface area (Å²) in [4.78, 5) is 12.7. The lowest BCUT2D eigenvalue weighted by Gasteiger charge is -2.09. The highest BCUT2D eigenvalue weighted by Gasteiger charge is 2.23. The van der Waals surface area contributed by atoms with Crippen LogP contribution in [0.15, 0.2) is 82.5 Å². The van der Waals surface area contributed by atoms with Crippen LogP contribution in [0, 0.1) is 6.92 Å². The quantitative estimate of drug-likeness (QED) is 0.554. The third-order valence-corrected chi connectivity index (χ3v) is 6.03. The van der Waals surface area contributed by atoms with Crippen LogP contribution in [0.4, 0.5) is 0 Å². The summed E-state index contributed by atoms with van der Waals surface area (Å²) in [6.07, 6.45) is 0. The molecular formula is C20H15NO3S. The van der Waals surface area contributed by atoms with Crippen LogP contribution in [-0.4, -0.2) is 12.4 Å². The molecule has 0 amide bonds. The maximum Gasteiger partial charge on any atom is 0.268 e. The normalized spacial score (nSPS) is 11.9. The molecule has 0 spiro atoms. The van der Waals surface area contributed by atoms with E-state index in [1.54, 1.807) is 66.7 Å². The second-order valence-electron chi connectivity index (χ2n) is 5.94. The van der Waals surface area contributed by atoms with Crippen molar-refractivity contribution in [3.8, 4) is 0 Å². The van der Waals surface area contributed by atoms with Crippen LogP contribution in [0.3, 0.4) is 0 Å². The molecule has 0 aliphatic heterocycles. The van der Waals surface area contributed by atoms with E-state index in [4.69, 9.17) is 0 Å². The highest BCUT2D eigenvalue weighted by atomic mass is 32.2. The van der Waals surface area contributed by atoms with Crippen molar-refractivity contribution in [2.75, 3.05) is 0 Å². The van der Waals surface area contributed by atoms with Gasteiger partial charge in [-0.1, -0.05) is 48.0 Å². The van der Waals surface area contributed by atoms with E-state index in [9.17, 15) is 13.2 Å². The number of para-hydroxylation sites is 1.